The molecule has 2 aromatic rings. The normalized spacial score (nSPS) is 22.4. The summed E-state index contributed by atoms with van der Waals surface area (Å²) < 4.78 is 12.1. The Morgan fingerprint density at radius 2 is 1.81 bits per heavy atom. The molecule has 1 heterocycles. The van der Waals surface area contributed by atoms with Gasteiger partial charge in [0.05, 0.1) is 13.2 Å². The van der Waals surface area contributed by atoms with E-state index < -0.39 is 0 Å². The van der Waals surface area contributed by atoms with E-state index in [1.807, 2.05) is 0 Å². The van der Waals surface area contributed by atoms with E-state index in [1.165, 1.54) is 49.0 Å². The van der Waals surface area contributed by atoms with Gasteiger partial charge < -0.3 is 14.4 Å². The number of ether oxygens (including phenoxy) is 2. The molecular weight excluding hydrogens is 394 g/mol. The Hall–Kier alpha value is -2.00. The quantitative estimate of drug-likeness (QED) is 0.464. The van der Waals surface area contributed by atoms with E-state index >= 15 is 0 Å². The lowest BCUT2D eigenvalue weighted by Crippen LogP contribution is -2.42. The van der Waals surface area contributed by atoms with E-state index in [2.05, 4.69) is 68.1 Å². The van der Waals surface area contributed by atoms with Gasteiger partial charge in [0, 0.05) is 19.6 Å². The van der Waals surface area contributed by atoms with Gasteiger partial charge in [-0.05, 0) is 86.5 Å². The molecule has 1 aliphatic heterocycles. The number of benzene rings is 2. The zero-order valence-electron chi connectivity index (χ0n) is 20.5. The number of methoxy groups -OCH3 is 1. The molecule has 1 saturated carbocycles. The highest BCUT2D eigenvalue weighted by Crippen LogP contribution is 2.38. The summed E-state index contributed by atoms with van der Waals surface area (Å²) in [4.78, 5) is 2.70. The summed E-state index contributed by atoms with van der Waals surface area (Å²) >= 11 is 0. The first kappa shape index (κ1) is 23.2. The van der Waals surface area contributed by atoms with Gasteiger partial charge in [0.25, 0.3) is 0 Å². The predicted molar refractivity (Wildman–Crippen MR) is 133 cm³/mol. The second-order valence-electron chi connectivity index (χ2n) is 10.5. The molecule has 2 aromatic carbocycles. The lowest BCUT2D eigenvalue weighted by atomic mass is 9.81. The van der Waals surface area contributed by atoms with Crippen LogP contribution in [0.3, 0.4) is 0 Å². The van der Waals surface area contributed by atoms with Crippen molar-refractivity contribution in [2.24, 2.45) is 11.8 Å². The lowest BCUT2D eigenvalue weighted by Gasteiger charge is -2.39. The van der Waals surface area contributed by atoms with Gasteiger partial charge in [0.15, 0.2) is 11.5 Å². The average Bonchev–Trinajstić information content (AvgIpc) is 3.26. The summed E-state index contributed by atoms with van der Waals surface area (Å²) in [7, 11) is 1.75. The average molecular weight is 436 g/mol. The molecule has 3 heteroatoms. The Balaban J connectivity index is 1.54. The van der Waals surface area contributed by atoms with Crippen LogP contribution in [0, 0.1) is 18.8 Å². The number of piperidine rings is 1. The SMILES string of the molecule is COc1ccc([C@@H]2C[C@H](Cc3cccc(C)c3)CN(CC(C)C)C2)cc1OC1CCCC1. The van der Waals surface area contributed by atoms with Gasteiger partial charge in [-0.25, -0.2) is 0 Å². The summed E-state index contributed by atoms with van der Waals surface area (Å²) in [6.07, 6.45) is 7.62. The van der Waals surface area contributed by atoms with Crippen molar-refractivity contribution in [3.63, 3.8) is 0 Å². The largest absolute Gasteiger partial charge is 0.493 e. The fourth-order valence-corrected chi connectivity index (χ4v) is 5.76. The Bertz CT molecular complexity index is 871. The molecule has 2 aliphatic rings. The molecule has 0 amide bonds. The van der Waals surface area contributed by atoms with Crippen LogP contribution in [0.25, 0.3) is 0 Å². The molecule has 3 nitrogen and oxygen atoms in total. The molecule has 0 aromatic heterocycles. The highest BCUT2D eigenvalue weighted by Gasteiger charge is 2.29. The molecule has 4 rings (SSSR count). The molecular formula is C29H41NO2. The summed E-state index contributed by atoms with van der Waals surface area (Å²) in [5, 5.41) is 0. The maximum absolute atomic E-state index is 6.42. The third-order valence-corrected chi connectivity index (χ3v) is 7.10. The van der Waals surface area contributed by atoms with E-state index in [-0.39, 0.29) is 0 Å². The van der Waals surface area contributed by atoms with Gasteiger partial charge in [0.2, 0.25) is 0 Å². The van der Waals surface area contributed by atoms with Crippen LogP contribution in [-0.4, -0.2) is 37.7 Å². The molecule has 1 aliphatic carbocycles. The number of hydrogen-bond donors (Lipinski definition) is 0. The molecule has 0 bridgehead atoms. The zero-order chi connectivity index (χ0) is 22.5. The van der Waals surface area contributed by atoms with Gasteiger partial charge in [-0.2, -0.15) is 0 Å². The molecule has 174 valence electrons. The molecule has 0 radical (unpaired) electrons. The van der Waals surface area contributed by atoms with Crippen molar-refractivity contribution in [3.05, 3.63) is 59.2 Å². The summed E-state index contributed by atoms with van der Waals surface area (Å²) in [5.41, 5.74) is 4.24. The maximum Gasteiger partial charge on any atom is 0.161 e. The fourth-order valence-electron chi connectivity index (χ4n) is 5.76. The Morgan fingerprint density at radius 1 is 1.00 bits per heavy atom. The molecule has 1 saturated heterocycles. The topological polar surface area (TPSA) is 21.7 Å². The summed E-state index contributed by atoms with van der Waals surface area (Å²) in [6, 6.07) is 15.7. The van der Waals surface area contributed by atoms with Crippen LogP contribution in [0.15, 0.2) is 42.5 Å². The van der Waals surface area contributed by atoms with Gasteiger partial charge in [-0.15, -0.1) is 0 Å². The first-order valence-electron chi connectivity index (χ1n) is 12.6. The van der Waals surface area contributed by atoms with Crippen molar-refractivity contribution in [2.75, 3.05) is 26.7 Å². The number of rotatable bonds is 8. The van der Waals surface area contributed by atoms with Gasteiger partial charge in [-0.1, -0.05) is 49.7 Å². The van der Waals surface area contributed by atoms with Crippen molar-refractivity contribution in [3.8, 4) is 11.5 Å². The van der Waals surface area contributed by atoms with Gasteiger partial charge >= 0.3 is 0 Å². The molecule has 0 unspecified atom stereocenters. The smallest absolute Gasteiger partial charge is 0.161 e. The number of aryl methyl sites for hydroxylation is 1. The molecule has 0 N–H and O–H groups in total. The highest BCUT2D eigenvalue weighted by atomic mass is 16.5. The Morgan fingerprint density at radius 3 is 2.53 bits per heavy atom. The minimum absolute atomic E-state index is 0.344. The van der Waals surface area contributed by atoms with Crippen molar-refractivity contribution in [1.82, 2.24) is 4.90 Å². The van der Waals surface area contributed by atoms with Gasteiger partial charge in [0.1, 0.15) is 0 Å². The van der Waals surface area contributed by atoms with Crippen LogP contribution in [0.2, 0.25) is 0 Å². The highest BCUT2D eigenvalue weighted by molar-refractivity contribution is 5.44. The van der Waals surface area contributed by atoms with Crippen LogP contribution in [0.4, 0.5) is 0 Å². The zero-order valence-corrected chi connectivity index (χ0v) is 20.5. The third-order valence-electron chi connectivity index (χ3n) is 7.10. The predicted octanol–water partition coefficient (Wildman–Crippen LogP) is 6.63. The summed E-state index contributed by atoms with van der Waals surface area (Å²) in [6.45, 7) is 10.4. The van der Waals surface area contributed by atoms with Crippen molar-refractivity contribution in [1.29, 1.82) is 0 Å². The van der Waals surface area contributed by atoms with Crippen molar-refractivity contribution >= 4 is 0 Å². The molecule has 0 spiro atoms. The van der Waals surface area contributed by atoms with Crippen LogP contribution in [-0.2, 0) is 6.42 Å². The number of nitrogens with zero attached hydrogens (tertiary/aromatic N) is 1. The standard InChI is InChI=1S/C29H41NO2/c1-21(2)18-30-19-24(15-23-9-7-8-22(3)14-23)16-26(20-30)25-12-13-28(31-4)29(17-25)32-27-10-5-6-11-27/h7-9,12-14,17,21,24,26-27H,5-6,10-11,15-16,18-20H2,1-4H3/t24-,26+/m0/s1. The minimum atomic E-state index is 0.344. The minimum Gasteiger partial charge on any atom is -0.493 e. The Kier molecular flexibility index (Phi) is 7.78. The van der Waals surface area contributed by atoms with E-state index in [1.54, 1.807) is 7.11 Å². The Labute approximate surface area is 195 Å². The monoisotopic (exact) mass is 435 g/mol. The molecule has 2 atom stereocenters. The van der Waals surface area contributed by atoms with E-state index in [0.29, 0.717) is 23.9 Å². The van der Waals surface area contributed by atoms with Crippen LogP contribution >= 0.6 is 0 Å². The molecule has 2 fully saturated rings. The fraction of sp³-hybridized carbons (Fsp3) is 0.586. The first-order chi connectivity index (χ1) is 15.5. The van der Waals surface area contributed by atoms with Crippen LogP contribution in [0.5, 0.6) is 11.5 Å². The summed E-state index contributed by atoms with van der Waals surface area (Å²) in [5.74, 6) is 3.70. The van der Waals surface area contributed by atoms with E-state index in [0.717, 1.165) is 37.3 Å². The second-order valence-corrected chi connectivity index (χ2v) is 10.5. The van der Waals surface area contributed by atoms with Crippen LogP contribution in [0.1, 0.15) is 68.6 Å². The second kappa shape index (κ2) is 10.7. The first-order valence-corrected chi connectivity index (χ1v) is 12.6. The number of hydrogen-bond acceptors (Lipinski definition) is 3. The number of likely N-dealkylation sites (tertiary alicyclic amines) is 1. The third kappa shape index (κ3) is 6.07. The lowest BCUT2D eigenvalue weighted by molar-refractivity contribution is 0.140. The van der Waals surface area contributed by atoms with Crippen molar-refractivity contribution < 1.29 is 9.47 Å². The van der Waals surface area contributed by atoms with Crippen LogP contribution < -0.4 is 9.47 Å². The molecule has 32 heavy (non-hydrogen) atoms. The van der Waals surface area contributed by atoms with E-state index in [9.17, 15) is 0 Å². The van der Waals surface area contributed by atoms with Crippen molar-refractivity contribution in [2.45, 2.75) is 71.3 Å². The van der Waals surface area contributed by atoms with E-state index in [4.69, 9.17) is 9.47 Å². The maximum atomic E-state index is 6.42. The van der Waals surface area contributed by atoms with Gasteiger partial charge in [-0.3, -0.25) is 0 Å².